The van der Waals surface area contributed by atoms with Crippen molar-refractivity contribution in [2.45, 2.75) is 11.8 Å². The summed E-state index contributed by atoms with van der Waals surface area (Å²) in [5.41, 5.74) is 7.79. The van der Waals surface area contributed by atoms with Gasteiger partial charge in [-0.15, -0.1) is 0 Å². The van der Waals surface area contributed by atoms with Gasteiger partial charge in [0.1, 0.15) is 0 Å². The van der Waals surface area contributed by atoms with Crippen molar-refractivity contribution in [1.29, 1.82) is 5.26 Å². The Morgan fingerprint density at radius 3 is 2.27 bits per heavy atom. The van der Waals surface area contributed by atoms with Gasteiger partial charge in [0.05, 0.1) is 39.0 Å². The Balaban J connectivity index is 1.68. The number of anilines is 2. The summed E-state index contributed by atoms with van der Waals surface area (Å²) in [6.45, 7) is 1.80. The molecule has 0 saturated heterocycles. The number of carbonyl (C=O) groups excluding carboxylic acids is 2. The molecular weight excluding hydrogens is 440 g/mol. The highest BCUT2D eigenvalue weighted by molar-refractivity contribution is 7.92. The van der Waals surface area contributed by atoms with Gasteiger partial charge in [-0.05, 0) is 72.8 Å². The molecule has 3 aromatic rings. The first kappa shape index (κ1) is 21.8. The third-order valence-electron chi connectivity index (χ3n) is 5.28. The summed E-state index contributed by atoms with van der Waals surface area (Å²) in [5.74, 6) is -1.23. The molecule has 33 heavy (non-hydrogen) atoms. The molecule has 8 nitrogen and oxygen atoms in total. The van der Waals surface area contributed by atoms with Gasteiger partial charge in [-0.3, -0.25) is 14.3 Å². The van der Waals surface area contributed by atoms with Crippen molar-refractivity contribution in [3.05, 3.63) is 95.2 Å². The number of benzene rings is 3. The van der Waals surface area contributed by atoms with E-state index in [0.29, 0.717) is 5.56 Å². The van der Waals surface area contributed by atoms with Gasteiger partial charge in [0.2, 0.25) is 0 Å². The van der Waals surface area contributed by atoms with Crippen LogP contribution in [0, 0.1) is 11.3 Å². The lowest BCUT2D eigenvalue weighted by molar-refractivity contribution is 0.0926. The van der Waals surface area contributed by atoms with Crippen LogP contribution in [0.5, 0.6) is 0 Å². The minimum absolute atomic E-state index is 0.00380. The summed E-state index contributed by atoms with van der Waals surface area (Å²) in [6.07, 6.45) is 1.43. The molecule has 0 unspecified atom stereocenters. The van der Waals surface area contributed by atoms with Crippen LogP contribution in [0.25, 0.3) is 5.57 Å². The van der Waals surface area contributed by atoms with Crippen molar-refractivity contribution >= 4 is 38.8 Å². The number of hydrogen-bond donors (Lipinski definition) is 2. The van der Waals surface area contributed by atoms with E-state index in [1.807, 2.05) is 6.07 Å². The second-order valence-electron chi connectivity index (χ2n) is 7.31. The molecule has 0 saturated carbocycles. The molecule has 0 spiro atoms. The van der Waals surface area contributed by atoms with Crippen LogP contribution >= 0.6 is 0 Å². The standard InChI is InChI=1S/C24H18N4O4S/c1-15(13-25)17-7-11-19(12-8-17)33(31,32)27-21-4-2-3-20-22(21)24(30)28(23(20)29)18-9-5-16(14-26)6-10-18/h2-13,27H,25H2,1H3/b15-13+. The number of nitriles is 1. The summed E-state index contributed by atoms with van der Waals surface area (Å²) in [7, 11) is -4.03. The van der Waals surface area contributed by atoms with E-state index in [9.17, 15) is 18.0 Å². The average molecular weight is 458 g/mol. The molecule has 0 aromatic heterocycles. The summed E-state index contributed by atoms with van der Waals surface area (Å²) < 4.78 is 28.4. The first-order valence-corrected chi connectivity index (χ1v) is 11.3. The summed E-state index contributed by atoms with van der Waals surface area (Å²) >= 11 is 0. The molecule has 164 valence electrons. The van der Waals surface area contributed by atoms with E-state index in [0.717, 1.165) is 16.0 Å². The number of nitrogens with two attached hydrogens (primary N) is 1. The lowest BCUT2D eigenvalue weighted by Crippen LogP contribution is -2.29. The molecule has 0 atom stereocenters. The van der Waals surface area contributed by atoms with E-state index in [2.05, 4.69) is 4.72 Å². The largest absolute Gasteiger partial charge is 0.404 e. The third-order valence-corrected chi connectivity index (χ3v) is 6.67. The van der Waals surface area contributed by atoms with Gasteiger partial charge in [-0.1, -0.05) is 18.2 Å². The number of carbonyl (C=O) groups is 2. The Hall–Kier alpha value is -4.42. The number of nitrogens with one attached hydrogen (secondary N) is 1. The van der Waals surface area contributed by atoms with Crippen molar-refractivity contribution in [1.82, 2.24) is 0 Å². The highest BCUT2D eigenvalue weighted by Gasteiger charge is 2.39. The smallest absolute Gasteiger partial charge is 0.268 e. The minimum Gasteiger partial charge on any atom is -0.404 e. The Kier molecular flexibility index (Phi) is 5.45. The van der Waals surface area contributed by atoms with Crippen LogP contribution in [0.2, 0.25) is 0 Å². The zero-order chi connectivity index (χ0) is 23.8. The number of sulfonamides is 1. The summed E-state index contributed by atoms with van der Waals surface area (Å²) in [4.78, 5) is 27.0. The first-order chi connectivity index (χ1) is 15.8. The van der Waals surface area contributed by atoms with Gasteiger partial charge in [0, 0.05) is 0 Å². The van der Waals surface area contributed by atoms with Crippen molar-refractivity contribution in [3.63, 3.8) is 0 Å². The molecule has 0 radical (unpaired) electrons. The maximum atomic E-state index is 13.1. The number of allylic oxidation sites excluding steroid dienone is 1. The summed E-state index contributed by atoms with van der Waals surface area (Å²) in [6, 6.07) is 18.5. The Morgan fingerprint density at radius 2 is 1.67 bits per heavy atom. The topological polar surface area (TPSA) is 133 Å². The molecule has 0 fully saturated rings. The quantitative estimate of drug-likeness (QED) is 0.562. The molecule has 3 aromatic carbocycles. The fourth-order valence-corrected chi connectivity index (χ4v) is 4.56. The molecule has 3 N–H and O–H groups in total. The van der Waals surface area contributed by atoms with Crippen molar-refractivity contribution < 1.29 is 18.0 Å². The van der Waals surface area contributed by atoms with E-state index < -0.39 is 21.8 Å². The van der Waals surface area contributed by atoms with E-state index in [4.69, 9.17) is 11.0 Å². The van der Waals surface area contributed by atoms with Crippen LogP contribution in [-0.4, -0.2) is 20.2 Å². The second-order valence-corrected chi connectivity index (χ2v) is 8.99. The van der Waals surface area contributed by atoms with Crippen molar-refractivity contribution in [3.8, 4) is 6.07 Å². The van der Waals surface area contributed by atoms with Gasteiger partial charge >= 0.3 is 0 Å². The molecule has 1 aliphatic heterocycles. The third kappa shape index (κ3) is 3.84. The minimum atomic E-state index is -4.03. The second kappa shape index (κ2) is 8.26. The van der Waals surface area contributed by atoms with Crippen LogP contribution in [0.4, 0.5) is 11.4 Å². The van der Waals surface area contributed by atoms with Gasteiger partial charge in [-0.2, -0.15) is 5.26 Å². The number of rotatable bonds is 5. The number of hydrogen-bond acceptors (Lipinski definition) is 6. The number of nitrogens with zero attached hydrogens (tertiary/aromatic N) is 2. The van der Waals surface area contributed by atoms with E-state index in [1.165, 1.54) is 60.8 Å². The van der Waals surface area contributed by atoms with Gasteiger partial charge in [0.25, 0.3) is 21.8 Å². The predicted molar refractivity (Wildman–Crippen MR) is 124 cm³/mol. The molecular formula is C24H18N4O4S. The molecule has 1 heterocycles. The number of fused-ring (bicyclic) bond motifs is 1. The maximum absolute atomic E-state index is 13.1. The Morgan fingerprint density at radius 1 is 1.00 bits per heavy atom. The fourth-order valence-electron chi connectivity index (χ4n) is 3.49. The van der Waals surface area contributed by atoms with Crippen LogP contribution < -0.4 is 15.4 Å². The Bertz CT molecular complexity index is 1450. The molecule has 4 rings (SSSR count). The monoisotopic (exact) mass is 458 g/mol. The van der Waals surface area contributed by atoms with Crippen molar-refractivity contribution in [2.24, 2.45) is 5.73 Å². The van der Waals surface area contributed by atoms with Crippen LogP contribution in [0.3, 0.4) is 0 Å². The molecule has 1 aliphatic rings. The maximum Gasteiger partial charge on any atom is 0.268 e. The Labute approximate surface area is 190 Å². The van der Waals surface area contributed by atoms with E-state index in [-0.39, 0.29) is 27.4 Å². The number of imide groups is 1. The van der Waals surface area contributed by atoms with E-state index >= 15 is 0 Å². The summed E-state index contributed by atoms with van der Waals surface area (Å²) in [5, 5.41) is 8.96. The lowest BCUT2D eigenvalue weighted by atomic mass is 10.1. The zero-order valence-corrected chi connectivity index (χ0v) is 18.3. The van der Waals surface area contributed by atoms with Gasteiger partial charge < -0.3 is 5.73 Å². The zero-order valence-electron chi connectivity index (χ0n) is 17.4. The van der Waals surface area contributed by atoms with Gasteiger partial charge in [0.15, 0.2) is 0 Å². The average Bonchev–Trinajstić information content (AvgIpc) is 3.09. The number of amides is 2. The lowest BCUT2D eigenvalue weighted by Gasteiger charge is -2.14. The van der Waals surface area contributed by atoms with E-state index in [1.54, 1.807) is 19.1 Å². The van der Waals surface area contributed by atoms with Crippen LogP contribution in [0.1, 0.15) is 38.8 Å². The molecule has 9 heteroatoms. The highest BCUT2D eigenvalue weighted by Crippen LogP contribution is 2.34. The van der Waals surface area contributed by atoms with Crippen LogP contribution in [0.15, 0.2) is 77.8 Å². The first-order valence-electron chi connectivity index (χ1n) is 9.80. The molecule has 0 aliphatic carbocycles. The van der Waals surface area contributed by atoms with Crippen LogP contribution in [-0.2, 0) is 10.0 Å². The SMILES string of the molecule is C/C(=C\N)c1ccc(S(=O)(=O)Nc2cccc3c2C(=O)N(c2ccc(C#N)cc2)C3=O)cc1. The fraction of sp³-hybridized carbons (Fsp3) is 0.0417. The van der Waals surface area contributed by atoms with Gasteiger partial charge in [-0.25, -0.2) is 13.3 Å². The highest BCUT2D eigenvalue weighted by atomic mass is 32.2. The molecule has 0 bridgehead atoms. The van der Waals surface area contributed by atoms with Crippen molar-refractivity contribution in [2.75, 3.05) is 9.62 Å². The predicted octanol–water partition coefficient (Wildman–Crippen LogP) is 3.48. The normalized spacial score (nSPS) is 13.6. The molecule has 2 amide bonds.